The van der Waals surface area contributed by atoms with E-state index in [1.807, 2.05) is 22.9 Å². The van der Waals surface area contributed by atoms with E-state index in [1.165, 1.54) is 6.42 Å². The normalized spacial score (nSPS) is 18.3. The van der Waals surface area contributed by atoms with Gasteiger partial charge in [0.05, 0.1) is 6.04 Å². The highest BCUT2D eigenvalue weighted by Crippen LogP contribution is 2.32. The van der Waals surface area contributed by atoms with Gasteiger partial charge in [0.25, 0.3) is 0 Å². The van der Waals surface area contributed by atoms with Crippen LogP contribution in [0, 0.1) is 5.92 Å². The van der Waals surface area contributed by atoms with Crippen LogP contribution >= 0.6 is 0 Å². The molecule has 1 aliphatic heterocycles. The van der Waals surface area contributed by atoms with Crippen molar-refractivity contribution in [3.63, 3.8) is 0 Å². The molecule has 0 bridgehead atoms. The Bertz CT molecular complexity index is 808. The summed E-state index contributed by atoms with van der Waals surface area (Å²) in [6.07, 6.45) is 9.33. The summed E-state index contributed by atoms with van der Waals surface area (Å²) in [7, 11) is 0. The maximum Gasteiger partial charge on any atom is 0.244 e. The fourth-order valence-corrected chi connectivity index (χ4v) is 3.35. The highest BCUT2D eigenvalue weighted by Gasteiger charge is 2.31. The van der Waals surface area contributed by atoms with Crippen LogP contribution in [-0.2, 0) is 0 Å². The summed E-state index contributed by atoms with van der Waals surface area (Å²) in [4.78, 5) is 15.6. The zero-order valence-corrected chi connectivity index (χ0v) is 14.5. The van der Waals surface area contributed by atoms with Crippen LogP contribution in [0.5, 0.6) is 0 Å². The van der Waals surface area contributed by atoms with Gasteiger partial charge in [0, 0.05) is 30.7 Å². The molecule has 0 aromatic carbocycles. The van der Waals surface area contributed by atoms with E-state index in [0.29, 0.717) is 17.6 Å². The molecule has 3 aromatic rings. The summed E-state index contributed by atoms with van der Waals surface area (Å²) in [6, 6.07) is 4.12. The Kier molecular flexibility index (Phi) is 4.31. The number of likely N-dealkylation sites (tertiary alicyclic amines) is 1. The third kappa shape index (κ3) is 3.32. The minimum atomic E-state index is 0.238. The summed E-state index contributed by atoms with van der Waals surface area (Å²) in [5, 5.41) is 4.17. The average molecular weight is 338 g/mol. The minimum Gasteiger partial charge on any atom is -0.337 e. The van der Waals surface area contributed by atoms with Crippen molar-refractivity contribution in [1.82, 2.24) is 29.6 Å². The highest BCUT2D eigenvalue weighted by atomic mass is 16.5. The molecule has 0 saturated carbocycles. The van der Waals surface area contributed by atoms with Crippen LogP contribution in [0.3, 0.4) is 0 Å². The second kappa shape index (κ2) is 6.76. The quantitative estimate of drug-likeness (QED) is 0.712. The smallest absolute Gasteiger partial charge is 0.244 e. The van der Waals surface area contributed by atoms with Crippen LogP contribution in [-0.4, -0.2) is 42.7 Å². The molecule has 0 amide bonds. The maximum atomic E-state index is 5.57. The van der Waals surface area contributed by atoms with Gasteiger partial charge in [-0.05, 0) is 37.4 Å². The van der Waals surface area contributed by atoms with Gasteiger partial charge in [0.1, 0.15) is 12.1 Å². The van der Waals surface area contributed by atoms with E-state index in [0.717, 1.165) is 30.9 Å². The molecule has 1 atom stereocenters. The Labute approximate surface area is 146 Å². The van der Waals surface area contributed by atoms with E-state index < -0.39 is 0 Å². The zero-order valence-electron chi connectivity index (χ0n) is 14.5. The van der Waals surface area contributed by atoms with Crippen molar-refractivity contribution in [1.29, 1.82) is 0 Å². The highest BCUT2D eigenvalue weighted by molar-refractivity contribution is 5.53. The third-order valence-corrected chi connectivity index (χ3v) is 4.47. The number of hydrogen-bond acceptors (Lipinski definition) is 6. The molecular weight excluding hydrogens is 316 g/mol. The standard InChI is InChI=1S/C18H22N6O/c1-13(2)11-23-8-3-4-15(23)18-21-17(22-25-18)14-5-6-16(20-10-14)24-9-7-19-12-24/h5-7,9-10,12-13,15H,3-4,8,11H2,1-2H3/t15-/m0/s1. The lowest BCUT2D eigenvalue weighted by Crippen LogP contribution is -2.27. The van der Waals surface area contributed by atoms with Crippen LogP contribution in [0.1, 0.15) is 38.6 Å². The minimum absolute atomic E-state index is 0.238. The molecule has 0 aliphatic carbocycles. The van der Waals surface area contributed by atoms with E-state index in [9.17, 15) is 0 Å². The lowest BCUT2D eigenvalue weighted by Gasteiger charge is -2.23. The van der Waals surface area contributed by atoms with Crippen molar-refractivity contribution < 1.29 is 4.52 Å². The molecule has 0 spiro atoms. The van der Waals surface area contributed by atoms with Gasteiger partial charge < -0.3 is 4.52 Å². The summed E-state index contributed by atoms with van der Waals surface area (Å²) >= 11 is 0. The Morgan fingerprint density at radius 1 is 1.32 bits per heavy atom. The largest absolute Gasteiger partial charge is 0.337 e. The lowest BCUT2D eigenvalue weighted by atomic mass is 10.1. The first kappa shape index (κ1) is 16.0. The molecule has 25 heavy (non-hydrogen) atoms. The molecule has 4 heterocycles. The van der Waals surface area contributed by atoms with Crippen LogP contribution < -0.4 is 0 Å². The molecule has 1 saturated heterocycles. The Balaban J connectivity index is 1.53. The van der Waals surface area contributed by atoms with E-state index in [1.54, 1.807) is 18.7 Å². The second-order valence-electron chi connectivity index (χ2n) is 6.88. The molecule has 0 unspecified atom stereocenters. The van der Waals surface area contributed by atoms with E-state index in [2.05, 4.69) is 38.9 Å². The van der Waals surface area contributed by atoms with Gasteiger partial charge in [-0.2, -0.15) is 4.98 Å². The van der Waals surface area contributed by atoms with Crippen molar-refractivity contribution in [2.24, 2.45) is 5.92 Å². The number of rotatable bonds is 5. The summed E-state index contributed by atoms with van der Waals surface area (Å²) in [5.41, 5.74) is 0.854. The molecule has 7 nitrogen and oxygen atoms in total. The van der Waals surface area contributed by atoms with Crippen molar-refractivity contribution in [3.8, 4) is 17.2 Å². The Morgan fingerprint density at radius 3 is 2.96 bits per heavy atom. The van der Waals surface area contributed by atoms with Gasteiger partial charge in [-0.1, -0.05) is 19.0 Å². The second-order valence-corrected chi connectivity index (χ2v) is 6.88. The first-order valence-electron chi connectivity index (χ1n) is 8.73. The van der Waals surface area contributed by atoms with Gasteiger partial charge in [-0.3, -0.25) is 9.47 Å². The number of nitrogens with zero attached hydrogens (tertiary/aromatic N) is 6. The summed E-state index contributed by atoms with van der Waals surface area (Å²) < 4.78 is 7.43. The Morgan fingerprint density at radius 2 is 2.24 bits per heavy atom. The number of pyridine rings is 1. The van der Waals surface area contributed by atoms with Gasteiger partial charge in [-0.25, -0.2) is 9.97 Å². The number of hydrogen-bond donors (Lipinski definition) is 0. The third-order valence-electron chi connectivity index (χ3n) is 4.47. The predicted octanol–water partition coefficient (Wildman–Crippen LogP) is 3.11. The lowest BCUT2D eigenvalue weighted by molar-refractivity contribution is 0.189. The van der Waals surface area contributed by atoms with Gasteiger partial charge in [0.15, 0.2) is 0 Å². The van der Waals surface area contributed by atoms with Gasteiger partial charge >= 0.3 is 0 Å². The topological polar surface area (TPSA) is 72.9 Å². The molecule has 0 radical (unpaired) electrons. The maximum absolute atomic E-state index is 5.57. The zero-order chi connectivity index (χ0) is 17.2. The van der Waals surface area contributed by atoms with Crippen molar-refractivity contribution >= 4 is 0 Å². The monoisotopic (exact) mass is 338 g/mol. The van der Waals surface area contributed by atoms with Crippen molar-refractivity contribution in [2.45, 2.75) is 32.7 Å². The fraction of sp³-hybridized carbons (Fsp3) is 0.444. The van der Waals surface area contributed by atoms with Gasteiger partial charge in [0.2, 0.25) is 11.7 Å². The number of imidazole rings is 1. The predicted molar refractivity (Wildman–Crippen MR) is 93.0 cm³/mol. The molecule has 0 N–H and O–H groups in total. The molecule has 3 aromatic heterocycles. The average Bonchev–Trinajstić information content (AvgIpc) is 3.36. The molecule has 4 rings (SSSR count). The van der Waals surface area contributed by atoms with Crippen LogP contribution in [0.25, 0.3) is 17.2 Å². The molecule has 7 heteroatoms. The molecular formula is C18H22N6O. The Hall–Kier alpha value is -2.54. The van der Waals surface area contributed by atoms with Crippen LogP contribution in [0.4, 0.5) is 0 Å². The van der Waals surface area contributed by atoms with Crippen LogP contribution in [0.15, 0.2) is 41.6 Å². The van der Waals surface area contributed by atoms with E-state index >= 15 is 0 Å². The van der Waals surface area contributed by atoms with Crippen LogP contribution in [0.2, 0.25) is 0 Å². The molecule has 1 fully saturated rings. The summed E-state index contributed by atoms with van der Waals surface area (Å²) in [6.45, 7) is 6.63. The van der Waals surface area contributed by atoms with E-state index in [-0.39, 0.29) is 6.04 Å². The van der Waals surface area contributed by atoms with E-state index in [4.69, 9.17) is 4.52 Å². The number of aromatic nitrogens is 5. The molecule has 1 aliphatic rings. The fourth-order valence-electron chi connectivity index (χ4n) is 3.35. The first-order chi connectivity index (χ1) is 12.2. The SMILES string of the molecule is CC(C)CN1CCC[C@H]1c1nc(-c2ccc(-n3ccnc3)nc2)no1. The van der Waals surface area contributed by atoms with Crippen molar-refractivity contribution in [2.75, 3.05) is 13.1 Å². The van der Waals surface area contributed by atoms with Gasteiger partial charge in [-0.15, -0.1) is 0 Å². The van der Waals surface area contributed by atoms with Crippen molar-refractivity contribution in [3.05, 3.63) is 42.9 Å². The summed E-state index contributed by atoms with van der Waals surface area (Å²) in [5.74, 6) is 2.75. The molecule has 130 valence electrons. The first-order valence-corrected chi connectivity index (χ1v) is 8.73.